The minimum absolute atomic E-state index is 0.0431. The van der Waals surface area contributed by atoms with E-state index in [9.17, 15) is 13.2 Å². The number of aromatic amines is 1. The van der Waals surface area contributed by atoms with Gasteiger partial charge >= 0.3 is 0 Å². The second-order valence-electron chi connectivity index (χ2n) is 9.63. The van der Waals surface area contributed by atoms with Crippen LogP contribution < -0.4 is 10.3 Å². The Morgan fingerprint density at radius 2 is 1.95 bits per heavy atom. The molecule has 12 heteroatoms. The number of piperazine rings is 1. The van der Waals surface area contributed by atoms with Gasteiger partial charge in [-0.1, -0.05) is 13.8 Å². The van der Waals surface area contributed by atoms with Crippen LogP contribution in [-0.4, -0.2) is 90.2 Å². The number of H-pyrrole nitrogens is 1. The molecule has 2 aliphatic rings. The molecule has 5 heterocycles. The van der Waals surface area contributed by atoms with Crippen LogP contribution in [0.3, 0.4) is 0 Å². The lowest BCUT2D eigenvalue weighted by atomic mass is 9.97. The molecule has 3 aromatic rings. The summed E-state index contributed by atoms with van der Waals surface area (Å²) in [4.78, 5) is 27.4. The van der Waals surface area contributed by atoms with Crippen molar-refractivity contribution >= 4 is 20.9 Å². The zero-order chi connectivity index (χ0) is 26.2. The first-order valence-corrected chi connectivity index (χ1v) is 14.2. The number of hydrogen-bond acceptors (Lipinski definition) is 8. The van der Waals surface area contributed by atoms with E-state index < -0.39 is 10.0 Å². The van der Waals surface area contributed by atoms with E-state index in [1.54, 1.807) is 7.11 Å². The summed E-state index contributed by atoms with van der Waals surface area (Å²) in [6.07, 6.45) is 5.25. The molecule has 5 rings (SSSR count). The standard InChI is InChI=1S/C25H34N6O5S/c1-4-29-8-10-31(11-9-29)37(33,34)18-14-19(25(26-15-18)36-13-12-35-3)23-27-21-20(24(32)28-23)16-30-7-5-6-17(2)22(21)30/h14-17H,4-13H2,1-3H3,(H,27,28,32). The van der Waals surface area contributed by atoms with E-state index in [0.717, 1.165) is 31.6 Å². The third-order valence-electron chi connectivity index (χ3n) is 7.32. The fourth-order valence-electron chi connectivity index (χ4n) is 5.21. The third kappa shape index (κ3) is 4.90. The lowest BCUT2D eigenvalue weighted by molar-refractivity contribution is 0.144. The number of sulfonamides is 1. The second kappa shape index (κ2) is 10.5. The van der Waals surface area contributed by atoms with E-state index in [1.165, 1.54) is 16.6 Å². The van der Waals surface area contributed by atoms with Gasteiger partial charge in [-0.25, -0.2) is 18.4 Å². The van der Waals surface area contributed by atoms with Crippen LogP contribution in [0.1, 0.15) is 38.3 Å². The van der Waals surface area contributed by atoms with Crippen LogP contribution in [0.4, 0.5) is 0 Å². The number of rotatable bonds is 8. The predicted molar refractivity (Wildman–Crippen MR) is 139 cm³/mol. The molecule has 1 atom stereocenters. The Morgan fingerprint density at radius 1 is 1.16 bits per heavy atom. The maximum Gasteiger partial charge on any atom is 0.260 e. The Balaban J connectivity index is 1.60. The normalized spacial score (nSPS) is 19.3. The van der Waals surface area contributed by atoms with E-state index in [-0.39, 0.29) is 34.7 Å². The number of nitrogens with zero attached hydrogens (tertiary/aromatic N) is 5. The average Bonchev–Trinajstić information content (AvgIpc) is 3.29. The molecule has 37 heavy (non-hydrogen) atoms. The second-order valence-corrected chi connectivity index (χ2v) is 11.6. The molecule has 0 aliphatic carbocycles. The van der Waals surface area contributed by atoms with Crippen LogP contribution in [0.5, 0.6) is 5.88 Å². The monoisotopic (exact) mass is 530 g/mol. The van der Waals surface area contributed by atoms with Gasteiger partial charge in [-0.15, -0.1) is 0 Å². The van der Waals surface area contributed by atoms with Gasteiger partial charge in [-0.3, -0.25) is 4.79 Å². The Hall–Kier alpha value is -2.80. The highest BCUT2D eigenvalue weighted by Crippen LogP contribution is 2.34. The minimum atomic E-state index is -3.79. The summed E-state index contributed by atoms with van der Waals surface area (Å²) < 4.78 is 41.5. The van der Waals surface area contributed by atoms with E-state index in [4.69, 9.17) is 14.5 Å². The summed E-state index contributed by atoms with van der Waals surface area (Å²) in [5, 5.41) is 0.528. The number of fused-ring (bicyclic) bond motifs is 3. The van der Waals surface area contributed by atoms with Crippen molar-refractivity contribution in [2.75, 3.05) is 53.0 Å². The highest BCUT2D eigenvalue weighted by Gasteiger charge is 2.30. The van der Waals surface area contributed by atoms with Crippen LogP contribution >= 0.6 is 0 Å². The fraction of sp³-hybridized carbons (Fsp3) is 0.560. The van der Waals surface area contributed by atoms with Crippen molar-refractivity contribution in [3.63, 3.8) is 0 Å². The van der Waals surface area contributed by atoms with Crippen LogP contribution in [-0.2, 0) is 21.3 Å². The molecule has 0 amide bonds. The van der Waals surface area contributed by atoms with Crippen LogP contribution in [0.15, 0.2) is 28.2 Å². The number of hydrogen-bond donors (Lipinski definition) is 1. The first-order valence-electron chi connectivity index (χ1n) is 12.8. The van der Waals surface area contributed by atoms with Crippen LogP contribution in [0, 0.1) is 0 Å². The fourth-order valence-corrected chi connectivity index (χ4v) is 6.60. The number of pyridine rings is 1. The Kier molecular flexibility index (Phi) is 7.35. The van der Waals surface area contributed by atoms with Gasteiger partial charge in [-0.05, 0) is 31.4 Å². The van der Waals surface area contributed by atoms with Gasteiger partial charge in [-0.2, -0.15) is 4.31 Å². The quantitative estimate of drug-likeness (QED) is 0.439. The van der Waals surface area contributed by atoms with Crippen molar-refractivity contribution in [2.45, 2.75) is 44.0 Å². The summed E-state index contributed by atoms with van der Waals surface area (Å²) in [5.41, 5.74) is 1.71. The summed E-state index contributed by atoms with van der Waals surface area (Å²) >= 11 is 0. The van der Waals surface area contributed by atoms with Crippen molar-refractivity contribution in [2.24, 2.45) is 0 Å². The first kappa shape index (κ1) is 25.8. The highest BCUT2D eigenvalue weighted by molar-refractivity contribution is 7.89. The van der Waals surface area contributed by atoms with Gasteiger partial charge in [0.05, 0.1) is 29.3 Å². The summed E-state index contributed by atoms with van der Waals surface area (Å²) in [6.45, 7) is 8.66. The molecule has 0 bridgehead atoms. The summed E-state index contributed by atoms with van der Waals surface area (Å²) in [7, 11) is -2.23. The van der Waals surface area contributed by atoms with Gasteiger partial charge in [0.25, 0.3) is 5.56 Å². The molecule has 0 saturated carbocycles. The van der Waals surface area contributed by atoms with Gasteiger partial charge in [0.2, 0.25) is 15.9 Å². The number of ether oxygens (including phenoxy) is 2. The molecular formula is C25H34N6O5S. The van der Waals surface area contributed by atoms with Crippen molar-refractivity contribution in [1.29, 1.82) is 0 Å². The van der Waals surface area contributed by atoms with E-state index in [0.29, 0.717) is 49.3 Å². The van der Waals surface area contributed by atoms with Gasteiger partial charge < -0.3 is 23.9 Å². The molecule has 0 spiro atoms. The first-order chi connectivity index (χ1) is 17.8. The van der Waals surface area contributed by atoms with Crippen LogP contribution in [0.25, 0.3) is 22.3 Å². The molecule has 1 unspecified atom stereocenters. The predicted octanol–water partition coefficient (Wildman–Crippen LogP) is 2.04. The molecular weight excluding hydrogens is 496 g/mol. The molecule has 2 aliphatic heterocycles. The van der Waals surface area contributed by atoms with Crippen molar-refractivity contribution in [1.82, 2.24) is 28.7 Å². The van der Waals surface area contributed by atoms with E-state index >= 15 is 0 Å². The Labute approximate surface area is 216 Å². The number of likely N-dealkylation sites (N-methyl/N-ethyl adjacent to an activating group) is 1. The topological polar surface area (TPSA) is 123 Å². The number of aryl methyl sites for hydroxylation is 1. The van der Waals surface area contributed by atoms with Gasteiger partial charge in [0, 0.05) is 51.7 Å². The molecule has 0 radical (unpaired) electrons. The summed E-state index contributed by atoms with van der Waals surface area (Å²) in [5.74, 6) is 0.685. The SMILES string of the molecule is CCN1CCN(S(=O)(=O)c2cnc(OCCOC)c(-c3nc4c5n(cc4c(=O)[nH]3)CCCC5C)c2)CC1. The van der Waals surface area contributed by atoms with Crippen LogP contribution in [0.2, 0.25) is 0 Å². The molecule has 11 nitrogen and oxygen atoms in total. The Morgan fingerprint density at radius 3 is 2.68 bits per heavy atom. The van der Waals surface area contributed by atoms with Crippen molar-refractivity contribution < 1.29 is 17.9 Å². The number of aromatic nitrogens is 4. The van der Waals surface area contributed by atoms with Gasteiger partial charge in [0.15, 0.2) is 0 Å². The van der Waals surface area contributed by atoms with Crippen molar-refractivity contribution in [3.8, 4) is 17.3 Å². The molecule has 200 valence electrons. The van der Waals surface area contributed by atoms with Crippen molar-refractivity contribution in [3.05, 3.63) is 34.5 Å². The smallest absolute Gasteiger partial charge is 0.260 e. The third-order valence-corrected chi connectivity index (χ3v) is 9.18. The average molecular weight is 531 g/mol. The zero-order valence-electron chi connectivity index (χ0n) is 21.6. The largest absolute Gasteiger partial charge is 0.475 e. The number of nitrogens with one attached hydrogen (secondary N) is 1. The maximum absolute atomic E-state index is 13.5. The van der Waals surface area contributed by atoms with E-state index in [1.807, 2.05) is 6.20 Å². The molecule has 3 aromatic heterocycles. The highest BCUT2D eigenvalue weighted by atomic mass is 32.2. The molecule has 0 aromatic carbocycles. The van der Waals surface area contributed by atoms with Gasteiger partial charge in [0.1, 0.15) is 17.3 Å². The molecule has 1 N–H and O–H groups in total. The molecule has 1 saturated heterocycles. The minimum Gasteiger partial charge on any atom is -0.475 e. The molecule has 1 fully saturated rings. The number of methoxy groups -OCH3 is 1. The lowest BCUT2D eigenvalue weighted by Gasteiger charge is -2.33. The lowest BCUT2D eigenvalue weighted by Crippen LogP contribution is -2.48. The zero-order valence-corrected chi connectivity index (χ0v) is 22.4. The summed E-state index contributed by atoms with van der Waals surface area (Å²) in [6, 6.07) is 1.51. The Bertz CT molecular complexity index is 1440. The van der Waals surface area contributed by atoms with E-state index in [2.05, 4.69) is 33.3 Å². The maximum atomic E-state index is 13.5.